The van der Waals surface area contributed by atoms with E-state index in [9.17, 15) is 13.2 Å². The van der Waals surface area contributed by atoms with Gasteiger partial charge in [-0.15, -0.1) is 0 Å². The SMILES string of the molecule is CCC1=Cc2cnc(Nc3ccc(N4CCN(C(=O)OC(C)(C)C)CC4)cc3)nc2N(C2CCCC2)S1(=O)=O. The summed E-state index contributed by atoms with van der Waals surface area (Å²) in [6, 6.07) is 7.89. The number of fused-ring (bicyclic) bond motifs is 1. The van der Waals surface area contributed by atoms with Crippen molar-refractivity contribution >= 4 is 45.3 Å². The van der Waals surface area contributed by atoms with Crippen molar-refractivity contribution in [1.29, 1.82) is 0 Å². The lowest BCUT2D eigenvalue weighted by atomic mass is 10.2. The highest BCUT2D eigenvalue weighted by atomic mass is 32.2. The lowest BCUT2D eigenvalue weighted by Gasteiger charge is -2.36. The number of piperazine rings is 1. The van der Waals surface area contributed by atoms with Crippen LogP contribution >= 0.6 is 0 Å². The molecule has 1 saturated carbocycles. The van der Waals surface area contributed by atoms with Gasteiger partial charge in [0.1, 0.15) is 5.60 Å². The molecular formula is C28H38N6O4S. The molecule has 10 nitrogen and oxygen atoms in total. The minimum absolute atomic E-state index is 0.0678. The van der Waals surface area contributed by atoms with E-state index in [1.807, 2.05) is 52.0 Å². The van der Waals surface area contributed by atoms with Gasteiger partial charge in [-0.1, -0.05) is 19.8 Å². The number of benzene rings is 1. The van der Waals surface area contributed by atoms with Crippen LogP contribution in [0, 0.1) is 0 Å². The van der Waals surface area contributed by atoms with Crippen molar-refractivity contribution in [2.24, 2.45) is 0 Å². The van der Waals surface area contributed by atoms with Crippen LogP contribution < -0.4 is 14.5 Å². The Bertz CT molecular complexity index is 1340. The van der Waals surface area contributed by atoms with Crippen LogP contribution in [-0.2, 0) is 14.8 Å². The number of allylic oxidation sites excluding steroid dienone is 1. The van der Waals surface area contributed by atoms with E-state index in [1.165, 1.54) is 0 Å². The van der Waals surface area contributed by atoms with Crippen LogP contribution in [0.2, 0.25) is 0 Å². The number of anilines is 4. The molecule has 210 valence electrons. The maximum atomic E-state index is 13.4. The molecule has 1 aliphatic carbocycles. The lowest BCUT2D eigenvalue weighted by molar-refractivity contribution is 0.0240. The van der Waals surface area contributed by atoms with Crippen LogP contribution in [-0.4, -0.2) is 67.2 Å². The number of nitrogens with zero attached hydrogens (tertiary/aromatic N) is 5. The van der Waals surface area contributed by atoms with Gasteiger partial charge in [0.15, 0.2) is 5.82 Å². The molecule has 1 N–H and O–H groups in total. The van der Waals surface area contributed by atoms with Crippen LogP contribution in [0.15, 0.2) is 35.4 Å². The Labute approximate surface area is 231 Å². The molecule has 1 amide bonds. The van der Waals surface area contributed by atoms with E-state index >= 15 is 0 Å². The van der Waals surface area contributed by atoms with E-state index in [0.717, 1.165) is 55.7 Å². The number of aromatic nitrogens is 2. The monoisotopic (exact) mass is 554 g/mol. The number of nitrogens with one attached hydrogen (secondary N) is 1. The topological polar surface area (TPSA) is 108 Å². The van der Waals surface area contributed by atoms with E-state index in [2.05, 4.69) is 20.2 Å². The summed E-state index contributed by atoms with van der Waals surface area (Å²) in [5.74, 6) is 0.815. The quantitative estimate of drug-likeness (QED) is 0.543. The van der Waals surface area contributed by atoms with E-state index in [0.29, 0.717) is 36.2 Å². The van der Waals surface area contributed by atoms with E-state index in [1.54, 1.807) is 21.5 Å². The predicted molar refractivity (Wildman–Crippen MR) is 154 cm³/mol. The second-order valence-electron chi connectivity index (χ2n) is 11.3. The largest absolute Gasteiger partial charge is 0.444 e. The smallest absolute Gasteiger partial charge is 0.410 e. The van der Waals surface area contributed by atoms with Gasteiger partial charge < -0.3 is 19.9 Å². The fourth-order valence-electron chi connectivity index (χ4n) is 5.36. The molecule has 2 aliphatic heterocycles. The zero-order chi connectivity index (χ0) is 27.8. The number of carbonyl (C=O) groups excluding carboxylic acids is 1. The number of carbonyl (C=O) groups is 1. The molecule has 0 unspecified atom stereocenters. The highest BCUT2D eigenvalue weighted by Crippen LogP contribution is 2.39. The molecule has 2 fully saturated rings. The average molecular weight is 555 g/mol. The summed E-state index contributed by atoms with van der Waals surface area (Å²) in [7, 11) is -3.60. The summed E-state index contributed by atoms with van der Waals surface area (Å²) in [5.41, 5.74) is 2.10. The van der Waals surface area contributed by atoms with E-state index in [4.69, 9.17) is 4.74 Å². The molecule has 11 heteroatoms. The molecular weight excluding hydrogens is 516 g/mol. The Kier molecular flexibility index (Phi) is 7.45. The predicted octanol–water partition coefficient (Wildman–Crippen LogP) is 5.12. The summed E-state index contributed by atoms with van der Waals surface area (Å²) >= 11 is 0. The summed E-state index contributed by atoms with van der Waals surface area (Å²) in [6.07, 6.45) is 7.31. The number of hydrogen-bond acceptors (Lipinski definition) is 8. The minimum Gasteiger partial charge on any atom is -0.444 e. The first kappa shape index (κ1) is 27.2. The van der Waals surface area contributed by atoms with Gasteiger partial charge in [-0.25, -0.2) is 22.5 Å². The number of sulfonamides is 1. The highest BCUT2D eigenvalue weighted by Gasteiger charge is 2.39. The molecule has 3 aliphatic rings. The Morgan fingerprint density at radius 2 is 1.74 bits per heavy atom. The van der Waals surface area contributed by atoms with Crippen molar-refractivity contribution in [2.75, 3.05) is 40.7 Å². The molecule has 1 aromatic heterocycles. The fraction of sp³-hybridized carbons (Fsp3) is 0.536. The van der Waals surface area contributed by atoms with Gasteiger partial charge in [0.25, 0.3) is 10.0 Å². The third-order valence-electron chi connectivity index (χ3n) is 7.34. The van der Waals surface area contributed by atoms with Gasteiger partial charge in [-0.05, 0) is 70.4 Å². The van der Waals surface area contributed by atoms with Crippen LogP contribution in [0.4, 0.5) is 27.9 Å². The zero-order valence-electron chi connectivity index (χ0n) is 23.2. The first-order valence-corrected chi connectivity index (χ1v) is 15.2. The molecule has 0 spiro atoms. The first-order chi connectivity index (χ1) is 18.5. The van der Waals surface area contributed by atoms with Crippen molar-refractivity contribution in [1.82, 2.24) is 14.9 Å². The zero-order valence-corrected chi connectivity index (χ0v) is 24.0. The number of hydrogen-bond donors (Lipinski definition) is 1. The van der Waals surface area contributed by atoms with E-state index < -0.39 is 15.6 Å². The number of rotatable bonds is 5. The standard InChI is InChI=1S/C28H38N6O4S/c1-5-24-18-20-19-29-26(31-25(20)34(39(24,36)37)23-8-6-7-9-23)30-21-10-12-22(13-11-21)32-14-16-33(17-15-32)27(35)38-28(2,3)4/h10-13,18-19,23H,5-9,14-17H2,1-4H3,(H,29,30,31). The normalized spacial score (nSPS) is 19.5. The third-order valence-corrected chi connectivity index (χ3v) is 9.39. The summed E-state index contributed by atoms with van der Waals surface area (Å²) in [6.45, 7) is 10.1. The lowest BCUT2D eigenvalue weighted by Crippen LogP contribution is -2.50. The number of ether oxygens (including phenoxy) is 1. The van der Waals surface area contributed by atoms with Gasteiger partial charge in [0, 0.05) is 55.4 Å². The third kappa shape index (κ3) is 5.83. The molecule has 39 heavy (non-hydrogen) atoms. The Morgan fingerprint density at radius 3 is 2.36 bits per heavy atom. The molecule has 3 heterocycles. The number of amides is 1. The van der Waals surface area contributed by atoms with Gasteiger partial charge in [-0.3, -0.25) is 0 Å². The van der Waals surface area contributed by atoms with Gasteiger partial charge in [0.05, 0.1) is 4.91 Å². The first-order valence-electron chi connectivity index (χ1n) is 13.8. The highest BCUT2D eigenvalue weighted by molar-refractivity contribution is 7.96. The fourth-order valence-corrected chi connectivity index (χ4v) is 7.23. The van der Waals surface area contributed by atoms with Crippen molar-refractivity contribution in [3.63, 3.8) is 0 Å². The maximum absolute atomic E-state index is 13.4. The second kappa shape index (κ2) is 10.7. The van der Waals surface area contributed by atoms with Crippen molar-refractivity contribution in [3.8, 4) is 0 Å². The Balaban J connectivity index is 1.28. The van der Waals surface area contributed by atoms with Crippen LogP contribution in [0.25, 0.3) is 6.08 Å². The second-order valence-corrected chi connectivity index (χ2v) is 13.2. The molecule has 5 rings (SSSR count). The van der Waals surface area contributed by atoms with Crippen LogP contribution in [0.3, 0.4) is 0 Å². The van der Waals surface area contributed by atoms with Crippen molar-refractivity contribution in [3.05, 3.63) is 40.9 Å². The van der Waals surface area contributed by atoms with Gasteiger partial charge in [-0.2, -0.15) is 4.98 Å². The molecule has 0 bridgehead atoms. The van der Waals surface area contributed by atoms with Crippen LogP contribution in [0.1, 0.15) is 65.4 Å². The van der Waals surface area contributed by atoms with Gasteiger partial charge >= 0.3 is 6.09 Å². The maximum Gasteiger partial charge on any atom is 0.410 e. The van der Waals surface area contributed by atoms with Gasteiger partial charge in [0.2, 0.25) is 5.95 Å². The minimum atomic E-state index is -3.60. The molecule has 1 aromatic carbocycles. The molecule has 0 atom stereocenters. The van der Waals surface area contributed by atoms with Crippen molar-refractivity contribution < 1.29 is 17.9 Å². The van der Waals surface area contributed by atoms with Crippen LogP contribution in [0.5, 0.6) is 0 Å². The summed E-state index contributed by atoms with van der Waals surface area (Å²) in [5, 5.41) is 3.24. The molecule has 2 aromatic rings. The molecule has 0 radical (unpaired) electrons. The summed E-state index contributed by atoms with van der Waals surface area (Å²) in [4.78, 5) is 25.9. The van der Waals surface area contributed by atoms with Crippen molar-refractivity contribution in [2.45, 2.75) is 71.4 Å². The Hall–Kier alpha value is -3.34. The molecule has 1 saturated heterocycles. The summed E-state index contributed by atoms with van der Waals surface area (Å²) < 4.78 is 33.9. The Morgan fingerprint density at radius 1 is 1.08 bits per heavy atom. The average Bonchev–Trinajstić information content (AvgIpc) is 3.42. The van der Waals surface area contributed by atoms with E-state index in [-0.39, 0.29) is 12.1 Å².